The van der Waals surface area contributed by atoms with E-state index >= 15 is 0 Å². The number of carbonyl (C=O) groups is 1. The van der Waals surface area contributed by atoms with Crippen molar-refractivity contribution in [2.24, 2.45) is 0 Å². The van der Waals surface area contributed by atoms with Gasteiger partial charge >= 0.3 is 0 Å². The number of hydrogen-bond donors (Lipinski definition) is 1. The molecule has 0 saturated carbocycles. The smallest absolute Gasteiger partial charge is 0.245 e. The van der Waals surface area contributed by atoms with Gasteiger partial charge in [0.05, 0.1) is 0 Å². The number of aromatic nitrogens is 1. The summed E-state index contributed by atoms with van der Waals surface area (Å²) in [5.74, 6) is 0.148. The number of rotatable bonds is 5. The van der Waals surface area contributed by atoms with Crippen molar-refractivity contribution in [3.63, 3.8) is 0 Å². The molecule has 1 amide bonds. The number of benzene rings is 1. The van der Waals surface area contributed by atoms with Crippen molar-refractivity contribution >= 4 is 21.6 Å². The number of nitrogens with one attached hydrogen (secondary N) is 1. The molecule has 2 heterocycles. The molecule has 7 nitrogen and oxygen atoms in total. The highest BCUT2D eigenvalue weighted by Gasteiger charge is 2.25. The minimum absolute atomic E-state index is 0.0316. The second kappa shape index (κ2) is 6.97. The maximum Gasteiger partial charge on any atom is 0.245 e. The molecule has 0 radical (unpaired) electrons. The van der Waals surface area contributed by atoms with Crippen LogP contribution in [0.15, 0.2) is 33.7 Å². The van der Waals surface area contributed by atoms with E-state index < -0.39 is 10.0 Å². The van der Waals surface area contributed by atoms with Crippen molar-refractivity contribution in [1.29, 1.82) is 0 Å². The van der Waals surface area contributed by atoms with E-state index in [9.17, 15) is 13.2 Å². The second-order valence-corrected chi connectivity index (χ2v) is 7.78. The maximum atomic E-state index is 12.5. The largest absolute Gasteiger partial charge is 0.360 e. The molecular weight excluding hydrogens is 342 g/mol. The summed E-state index contributed by atoms with van der Waals surface area (Å²) in [7, 11) is -3.74. The number of nitrogens with zero attached hydrogens (tertiary/aromatic N) is 2. The van der Waals surface area contributed by atoms with Crippen LogP contribution in [0.3, 0.4) is 0 Å². The number of carbonyl (C=O) groups excluding carboxylic acids is 1. The Morgan fingerprint density at radius 3 is 2.80 bits per heavy atom. The Balaban J connectivity index is 1.64. The van der Waals surface area contributed by atoms with Crippen LogP contribution in [0.1, 0.15) is 29.9 Å². The Morgan fingerprint density at radius 2 is 2.08 bits per heavy atom. The monoisotopic (exact) mass is 363 g/mol. The van der Waals surface area contributed by atoms with Crippen molar-refractivity contribution in [2.75, 3.05) is 18.0 Å². The topological polar surface area (TPSA) is 92.5 Å². The summed E-state index contributed by atoms with van der Waals surface area (Å²) < 4.78 is 32.1. The minimum Gasteiger partial charge on any atom is -0.360 e. The highest BCUT2D eigenvalue weighted by molar-refractivity contribution is 7.89. The summed E-state index contributed by atoms with van der Waals surface area (Å²) in [4.78, 5) is 14.3. The Kier molecular flexibility index (Phi) is 4.91. The number of anilines is 1. The third-order valence-corrected chi connectivity index (χ3v) is 5.98. The van der Waals surface area contributed by atoms with Crippen molar-refractivity contribution in [1.82, 2.24) is 9.88 Å². The zero-order valence-electron chi connectivity index (χ0n) is 14.3. The van der Waals surface area contributed by atoms with Crippen LogP contribution in [0.2, 0.25) is 0 Å². The van der Waals surface area contributed by atoms with Crippen LogP contribution in [0.4, 0.5) is 5.69 Å². The summed E-state index contributed by atoms with van der Waals surface area (Å²) in [6, 6.07) is 7.82. The molecule has 1 aromatic carbocycles. The van der Waals surface area contributed by atoms with Crippen LogP contribution in [0.5, 0.6) is 0 Å². The fraction of sp³-hybridized carbons (Fsp3) is 0.412. The molecule has 8 heteroatoms. The summed E-state index contributed by atoms with van der Waals surface area (Å²) in [6.45, 7) is 3.81. The van der Waals surface area contributed by atoms with Gasteiger partial charge in [-0.15, -0.1) is 0 Å². The lowest BCUT2D eigenvalue weighted by Crippen LogP contribution is -2.37. The van der Waals surface area contributed by atoms with Crippen molar-refractivity contribution in [3.8, 4) is 0 Å². The molecule has 3 rings (SSSR count). The Morgan fingerprint density at radius 1 is 1.32 bits per heavy atom. The number of sulfonamides is 1. The van der Waals surface area contributed by atoms with Crippen LogP contribution in [0, 0.1) is 13.8 Å². The molecule has 0 spiro atoms. The summed E-state index contributed by atoms with van der Waals surface area (Å²) in [5.41, 5.74) is 2.38. The molecule has 0 aliphatic carbocycles. The predicted molar refractivity (Wildman–Crippen MR) is 92.9 cm³/mol. The summed E-state index contributed by atoms with van der Waals surface area (Å²) in [6.07, 6.45) is 1.96. The van der Waals surface area contributed by atoms with Crippen LogP contribution < -0.4 is 9.62 Å². The first-order valence-corrected chi connectivity index (χ1v) is 9.69. The molecule has 2 aromatic rings. The Bertz CT molecular complexity index is 870. The zero-order valence-corrected chi connectivity index (χ0v) is 15.1. The molecule has 1 aliphatic rings. The average Bonchev–Trinajstić information content (AvgIpc) is 2.93. The van der Waals surface area contributed by atoms with Crippen molar-refractivity contribution in [3.05, 3.63) is 41.3 Å². The number of aryl methyl sites for hydroxylation is 3. The molecular formula is C17H21N3O4S. The van der Waals surface area contributed by atoms with Crippen molar-refractivity contribution in [2.45, 2.75) is 38.0 Å². The Hall–Kier alpha value is -2.19. The lowest BCUT2D eigenvalue weighted by molar-refractivity contribution is -0.118. The maximum absolute atomic E-state index is 12.5. The molecule has 1 aromatic heterocycles. The van der Waals surface area contributed by atoms with Crippen LogP contribution in [0.25, 0.3) is 0 Å². The summed E-state index contributed by atoms with van der Waals surface area (Å²) in [5, 5.41) is 3.65. The number of fused-ring (bicyclic) bond motifs is 1. The van der Waals surface area contributed by atoms with E-state index in [2.05, 4.69) is 9.88 Å². The number of para-hydroxylation sites is 1. The van der Waals surface area contributed by atoms with E-state index in [0.717, 1.165) is 24.1 Å². The molecule has 25 heavy (non-hydrogen) atoms. The van der Waals surface area contributed by atoms with Gasteiger partial charge < -0.3 is 9.42 Å². The number of amides is 1. The molecule has 0 bridgehead atoms. The Labute approximate surface area is 147 Å². The van der Waals surface area contributed by atoms with Crippen LogP contribution >= 0.6 is 0 Å². The van der Waals surface area contributed by atoms with Gasteiger partial charge in [-0.1, -0.05) is 23.4 Å². The van der Waals surface area contributed by atoms with Gasteiger partial charge in [0.15, 0.2) is 5.76 Å². The lowest BCUT2D eigenvalue weighted by Gasteiger charge is -2.29. The van der Waals surface area contributed by atoms with E-state index in [1.807, 2.05) is 24.3 Å². The van der Waals surface area contributed by atoms with Crippen LogP contribution in [-0.2, 0) is 21.2 Å². The molecule has 0 atom stereocenters. The molecule has 0 saturated heterocycles. The molecule has 0 unspecified atom stereocenters. The predicted octanol–water partition coefficient (Wildman–Crippen LogP) is 1.94. The average molecular weight is 363 g/mol. The van der Waals surface area contributed by atoms with E-state index in [0.29, 0.717) is 12.2 Å². The van der Waals surface area contributed by atoms with Gasteiger partial charge in [0.2, 0.25) is 15.9 Å². The van der Waals surface area contributed by atoms with Gasteiger partial charge in [0.1, 0.15) is 10.6 Å². The first kappa shape index (κ1) is 17.6. The fourth-order valence-electron chi connectivity index (χ4n) is 3.15. The van der Waals surface area contributed by atoms with E-state index in [1.54, 1.807) is 18.7 Å². The van der Waals surface area contributed by atoms with E-state index in [4.69, 9.17) is 4.52 Å². The zero-order chi connectivity index (χ0) is 18.0. The highest BCUT2D eigenvalue weighted by atomic mass is 32.2. The second-order valence-electron chi connectivity index (χ2n) is 6.08. The molecule has 134 valence electrons. The number of hydrogen-bond acceptors (Lipinski definition) is 5. The van der Waals surface area contributed by atoms with Gasteiger partial charge in [-0.2, -0.15) is 0 Å². The van der Waals surface area contributed by atoms with Gasteiger partial charge in [-0.25, -0.2) is 13.1 Å². The van der Waals surface area contributed by atoms with E-state index in [-0.39, 0.29) is 29.5 Å². The SMILES string of the molecule is Cc1noc(C)c1S(=O)(=O)NCCC(=O)N1CCCc2ccccc21. The third kappa shape index (κ3) is 3.59. The van der Waals surface area contributed by atoms with Gasteiger partial charge in [0, 0.05) is 25.2 Å². The fourth-order valence-corrected chi connectivity index (χ4v) is 4.51. The third-order valence-electron chi connectivity index (χ3n) is 4.28. The van der Waals surface area contributed by atoms with Crippen molar-refractivity contribution < 1.29 is 17.7 Å². The first-order chi connectivity index (χ1) is 11.9. The first-order valence-electron chi connectivity index (χ1n) is 8.21. The molecule has 1 N–H and O–H groups in total. The molecule has 0 fully saturated rings. The summed E-state index contributed by atoms with van der Waals surface area (Å²) >= 11 is 0. The quantitative estimate of drug-likeness (QED) is 0.876. The lowest BCUT2D eigenvalue weighted by atomic mass is 10.0. The van der Waals surface area contributed by atoms with Gasteiger partial charge in [-0.05, 0) is 38.3 Å². The van der Waals surface area contributed by atoms with Crippen LogP contribution in [-0.4, -0.2) is 32.6 Å². The van der Waals surface area contributed by atoms with Gasteiger partial charge in [0.25, 0.3) is 0 Å². The standard InChI is InChI=1S/C17H21N3O4S/c1-12-17(13(2)24-19-12)25(22,23)18-10-9-16(21)20-11-5-7-14-6-3-4-8-15(14)20/h3-4,6,8,18H,5,7,9-11H2,1-2H3. The van der Waals surface area contributed by atoms with Gasteiger partial charge in [-0.3, -0.25) is 4.79 Å². The minimum atomic E-state index is -3.74. The van der Waals surface area contributed by atoms with E-state index in [1.165, 1.54) is 0 Å². The molecule has 1 aliphatic heterocycles. The highest BCUT2D eigenvalue weighted by Crippen LogP contribution is 2.27. The normalized spacial score (nSPS) is 14.4.